The molecule has 20 heteroatoms. The molecule has 700 valence electrons. The highest BCUT2D eigenvalue weighted by atomic mass is 28.4. The Hall–Kier alpha value is -17.2. The van der Waals surface area contributed by atoms with Gasteiger partial charge in [-0.3, -0.25) is 26.4 Å². The molecule has 16 nitrogen and oxygen atoms in total. The maximum atomic E-state index is 7.14. The summed E-state index contributed by atoms with van der Waals surface area (Å²) in [6, 6.07) is 132. The van der Waals surface area contributed by atoms with Crippen LogP contribution in [0.1, 0.15) is 54.3 Å². The molecule has 0 bridgehead atoms. The zero-order chi connectivity index (χ0) is 97.2. The van der Waals surface area contributed by atoms with Gasteiger partial charge >= 0.3 is 16.6 Å². The lowest BCUT2D eigenvalue weighted by molar-refractivity contribution is 0.532. The van der Waals surface area contributed by atoms with E-state index in [0.29, 0.717) is 5.92 Å². The van der Waals surface area contributed by atoms with Gasteiger partial charge in [-0.05, 0) is 152 Å². The van der Waals surface area contributed by atoms with Crippen LogP contribution in [0.5, 0.6) is 23.3 Å². The third-order valence-corrected chi connectivity index (χ3v) is 43.9. The monoisotopic (exact) mass is 1950 g/mol. The van der Waals surface area contributed by atoms with Crippen molar-refractivity contribution in [1.82, 2.24) is 56.3 Å². The average Bonchev–Trinajstić information content (AvgIpc) is 1.43. The molecular formula is C126H96N12O4Si4. The van der Waals surface area contributed by atoms with Gasteiger partial charge in [-0.25, -0.2) is 29.9 Å². The van der Waals surface area contributed by atoms with Gasteiger partial charge in [0.25, 0.3) is 16.6 Å². The molecule has 0 N–H and O–H groups in total. The number of fused-ring (bicyclic) bond motifs is 18. The molecule has 146 heavy (non-hydrogen) atoms. The lowest BCUT2D eigenvalue weighted by Crippen LogP contribution is -2.73. The summed E-state index contributed by atoms with van der Waals surface area (Å²) in [6.07, 6.45) is 17.6. The number of imidazole rings is 6. The van der Waals surface area contributed by atoms with Crippen molar-refractivity contribution < 1.29 is 17.7 Å². The first-order valence-electron chi connectivity index (χ1n) is 50.6. The van der Waals surface area contributed by atoms with Crippen LogP contribution in [0.2, 0.25) is 26.2 Å². The third-order valence-electron chi connectivity index (χ3n) is 31.3. The Balaban J connectivity index is 0.0000000837. The number of pyridine rings is 6. The van der Waals surface area contributed by atoms with Crippen LogP contribution in [-0.2, 0) is 25.7 Å². The van der Waals surface area contributed by atoms with E-state index in [0.717, 1.165) is 105 Å². The van der Waals surface area contributed by atoms with Crippen LogP contribution in [0.3, 0.4) is 0 Å². The van der Waals surface area contributed by atoms with Gasteiger partial charge in [0.2, 0.25) is 11.8 Å². The van der Waals surface area contributed by atoms with E-state index in [9.17, 15) is 0 Å². The summed E-state index contributed by atoms with van der Waals surface area (Å²) < 4.78 is 40.8. The molecule has 0 unspecified atom stereocenters. The van der Waals surface area contributed by atoms with Crippen molar-refractivity contribution >= 4 is 239 Å². The Bertz CT molecular complexity index is 10300. The molecule has 0 fully saturated rings. The van der Waals surface area contributed by atoms with Crippen molar-refractivity contribution in [3.63, 3.8) is 0 Å². The summed E-state index contributed by atoms with van der Waals surface area (Å²) in [4.78, 5) is 28.5. The van der Waals surface area contributed by atoms with Crippen molar-refractivity contribution in [2.24, 2.45) is 0 Å². The zero-order valence-corrected chi connectivity index (χ0v) is 85.3. The van der Waals surface area contributed by atoms with Gasteiger partial charge in [0, 0.05) is 111 Å². The number of benzene rings is 16. The van der Waals surface area contributed by atoms with Crippen LogP contribution in [0.25, 0.3) is 164 Å². The molecule has 6 aliphatic rings. The van der Waals surface area contributed by atoms with E-state index in [1.807, 2.05) is 24.8 Å². The fourth-order valence-electron chi connectivity index (χ4n) is 24.9. The first-order chi connectivity index (χ1) is 71.8. The zero-order valence-electron chi connectivity index (χ0n) is 81.3. The van der Waals surface area contributed by atoms with E-state index in [2.05, 4.69) is 454 Å². The highest BCUT2D eigenvalue weighted by Crippen LogP contribution is 2.45. The van der Waals surface area contributed by atoms with E-state index in [-0.39, 0.29) is 0 Å². The maximum Gasteiger partial charge on any atom is 0.365 e. The minimum absolute atomic E-state index is 0.555. The van der Waals surface area contributed by atoms with Crippen molar-refractivity contribution in [3.8, 4) is 23.3 Å². The van der Waals surface area contributed by atoms with Crippen molar-refractivity contribution in [1.29, 1.82) is 0 Å². The minimum Gasteiger partial charge on any atom is -0.537 e. The molecule has 34 rings (SSSR count). The molecule has 0 amide bonds. The van der Waals surface area contributed by atoms with E-state index < -0.39 is 33.3 Å². The number of nitrogens with zero attached hydrogens (tertiary/aromatic N) is 12. The second-order valence-electron chi connectivity index (χ2n) is 40.6. The molecule has 16 aromatic carbocycles. The van der Waals surface area contributed by atoms with Gasteiger partial charge in [0.15, 0.2) is 0 Å². The fraction of sp³-hybridized carbons (Fsp3) is 0.0952. The molecule has 12 aromatic heterocycles. The summed E-state index contributed by atoms with van der Waals surface area (Å²) in [6.45, 7) is 13.5. The normalized spacial score (nSPS) is 14.7. The smallest absolute Gasteiger partial charge is 0.365 e. The maximum absolute atomic E-state index is 7.14. The summed E-state index contributed by atoms with van der Waals surface area (Å²) in [5, 5.41) is 32.4. The number of rotatable bonds is 5. The SMILES string of the molecule is CC(C)c1cc2c3c(c1)c1ccccc1c1ncc(n13)CC2.C[Si]1(C)Oc2cccc3c4ccccc4c4ncc1n4c23.C[Si]1(C)Oc2cnc3c4ccccc4c4cccc1c4n23.c1ccc([Si]2(c3ccccc3)Oc3cccc4c5ccccc5c5ncc2n5c34)cc1.c1ccc([Si]2(c3ccccc3)Oc3cnc4c5ccccc5c5cccc2c5n34)cc1.c1ccc2c(c1)c1cccc3c1n1c(cnc21)CCC3. The molecule has 18 heterocycles. The summed E-state index contributed by atoms with van der Waals surface area (Å²) in [7, 11) is -9.45. The van der Waals surface area contributed by atoms with Gasteiger partial charge in [-0.1, -0.05) is 366 Å². The minimum atomic E-state index is -2.80. The van der Waals surface area contributed by atoms with Crippen molar-refractivity contribution in [2.45, 2.75) is 78.1 Å². The number of hydrogen-bond donors (Lipinski definition) is 0. The standard InChI is InChI=1S/2C27H18N2OSi.C20H18N2.C18H14N2.2C17H14N2OSi/c1-3-10-19(11-4-1)31(20-12-5-2-6-13-20)24-17-9-16-22-21-14-7-8-15-23(21)27-28-18-25(30-31)29(27)26(22)24;1-3-10-19(11-4-1)31(20-12-5-2-6-13-20)25-18-28-27-23-15-8-7-14-21(23)22-16-9-17-24(30-31)26(22)29(25)27;1-12(2)14-9-13-7-8-15-11-21-20-17-6-4-3-5-16(17)18(10-14)19(13)22(15)20;1-2-9-16-14(8-1)15-10-4-6-12-5-3-7-13-11-19-18(16)20(13)17(12)15;1-21(2)14-9-5-8-12-11-6-3-4-7-13(11)17-18-10-15(20-21)19(17)16(12)14;1-21(2)15-10-18-17-13-7-4-3-6-11(13)12-8-5-9-14(20-21)16(12)19(15)17/h2*1-18H;3-6,9-12H,7-8H2,1-2H3;1-2,4,6,8-11H,3,5,7H2;2*3-10H,1-2H3. The van der Waals surface area contributed by atoms with E-state index in [1.165, 1.54) is 185 Å². The molecule has 0 saturated carbocycles. The molecular weight excluding hydrogens is 1860 g/mol. The van der Waals surface area contributed by atoms with E-state index in [1.54, 1.807) is 0 Å². The molecule has 0 aliphatic carbocycles. The first-order valence-corrected chi connectivity index (χ1v) is 60.3. The van der Waals surface area contributed by atoms with E-state index >= 15 is 0 Å². The Morgan fingerprint density at radius 2 is 0.575 bits per heavy atom. The average molecular weight is 1950 g/mol. The van der Waals surface area contributed by atoms with E-state index in [4.69, 9.17) is 42.6 Å². The molecule has 0 spiro atoms. The largest absolute Gasteiger partial charge is 0.537 e. The second-order valence-corrected chi connectivity index (χ2v) is 54.6. The van der Waals surface area contributed by atoms with Crippen LogP contribution in [0.15, 0.2) is 407 Å². The molecule has 28 aromatic rings. The predicted molar refractivity (Wildman–Crippen MR) is 607 cm³/mol. The quantitative estimate of drug-likeness (QED) is 0.121. The number of aromatic nitrogens is 12. The summed E-state index contributed by atoms with van der Waals surface area (Å²) >= 11 is 0. The molecule has 0 radical (unpaired) electrons. The van der Waals surface area contributed by atoms with Gasteiger partial charge in [-0.15, -0.1) is 0 Å². The predicted octanol–water partition coefficient (Wildman–Crippen LogP) is 23.9. The Morgan fingerprint density at radius 3 is 1.05 bits per heavy atom. The van der Waals surface area contributed by atoms with Crippen LogP contribution in [-0.4, -0.2) is 89.6 Å². The van der Waals surface area contributed by atoms with Gasteiger partial charge in [-0.2, -0.15) is 0 Å². The van der Waals surface area contributed by atoms with Gasteiger partial charge < -0.3 is 17.7 Å². The van der Waals surface area contributed by atoms with Gasteiger partial charge in [0.1, 0.15) is 45.4 Å². The first kappa shape index (κ1) is 85.6. The summed E-state index contributed by atoms with van der Waals surface area (Å²) in [5.74, 6) is 4.18. The van der Waals surface area contributed by atoms with Crippen molar-refractivity contribution in [2.75, 3.05) is 0 Å². The number of para-hydroxylation sites is 5. The highest BCUT2D eigenvalue weighted by Gasteiger charge is 2.52. The Kier molecular flexibility index (Phi) is 19.2. The molecule has 0 saturated heterocycles. The Labute approximate surface area is 843 Å². The Morgan fingerprint density at radius 1 is 0.233 bits per heavy atom. The fourth-order valence-corrected chi connectivity index (χ4v) is 36.7. The number of aryl methyl sites for hydroxylation is 4. The lowest BCUT2D eigenvalue weighted by atomic mass is 9.91. The molecule has 6 aliphatic heterocycles. The number of hydrogen-bond acceptors (Lipinski definition) is 10. The van der Waals surface area contributed by atoms with Crippen LogP contribution in [0, 0.1) is 0 Å². The van der Waals surface area contributed by atoms with Crippen LogP contribution >= 0.6 is 0 Å². The lowest BCUT2D eigenvalue weighted by Gasteiger charge is -2.37. The summed E-state index contributed by atoms with van der Waals surface area (Å²) in [5.41, 5.74) is 20.8. The topological polar surface area (TPSA) is 141 Å². The van der Waals surface area contributed by atoms with Crippen LogP contribution < -0.4 is 59.5 Å². The second kappa shape index (κ2) is 32.7. The molecule has 0 atom stereocenters. The van der Waals surface area contributed by atoms with Crippen LogP contribution in [0.4, 0.5) is 0 Å². The van der Waals surface area contributed by atoms with Gasteiger partial charge in [0.05, 0.1) is 56.1 Å². The highest BCUT2D eigenvalue weighted by molar-refractivity contribution is 7.09. The van der Waals surface area contributed by atoms with Crippen molar-refractivity contribution in [3.05, 3.63) is 435 Å². The third kappa shape index (κ3) is 12.6.